The summed E-state index contributed by atoms with van der Waals surface area (Å²) in [5.74, 6) is 0. The fraction of sp³-hybridized carbons (Fsp3) is 0.625. The van der Waals surface area contributed by atoms with Crippen LogP contribution in [0, 0.1) is 0 Å². The molecule has 0 radical (unpaired) electrons. The van der Waals surface area contributed by atoms with Gasteiger partial charge in [-0.3, -0.25) is 4.98 Å². The zero-order valence-corrected chi connectivity index (χ0v) is 13.7. The largest absolute Gasteiger partial charge is 0.444 e. The second kappa shape index (κ2) is 6.96. The molecule has 6 nitrogen and oxygen atoms in total. The molecule has 2 rings (SSSR count). The minimum atomic E-state index is -0.454. The van der Waals surface area contributed by atoms with Crippen LogP contribution in [0.5, 0.6) is 0 Å². The quantitative estimate of drug-likeness (QED) is 0.904. The van der Waals surface area contributed by atoms with Gasteiger partial charge in [-0.1, -0.05) is 0 Å². The molecular weight excluding hydrogens is 280 g/mol. The maximum atomic E-state index is 12.2. The van der Waals surface area contributed by atoms with E-state index in [9.17, 15) is 4.79 Å². The third-order valence-corrected chi connectivity index (χ3v) is 3.52. The van der Waals surface area contributed by atoms with E-state index in [1.54, 1.807) is 11.1 Å². The van der Waals surface area contributed by atoms with Gasteiger partial charge in [0.1, 0.15) is 5.60 Å². The molecule has 2 N–H and O–H groups in total. The Morgan fingerprint density at radius 2 is 2.09 bits per heavy atom. The Labute approximate surface area is 132 Å². The number of nitrogens with two attached hydrogens (primary N) is 1. The molecular formula is C16H26N4O2. The van der Waals surface area contributed by atoms with Crippen molar-refractivity contribution in [2.24, 2.45) is 5.73 Å². The molecule has 0 bridgehead atoms. The van der Waals surface area contributed by atoms with Crippen LogP contribution in [0.1, 0.15) is 32.9 Å². The summed E-state index contributed by atoms with van der Waals surface area (Å²) in [5, 5.41) is 0. The Kier molecular flexibility index (Phi) is 5.24. The molecule has 2 heterocycles. The first-order valence-electron chi connectivity index (χ1n) is 7.77. The van der Waals surface area contributed by atoms with Crippen molar-refractivity contribution in [1.82, 2.24) is 9.88 Å². The minimum absolute atomic E-state index is 0.230. The number of aromatic nitrogens is 1. The van der Waals surface area contributed by atoms with E-state index in [-0.39, 0.29) is 6.09 Å². The number of ether oxygens (including phenoxy) is 1. The monoisotopic (exact) mass is 306 g/mol. The van der Waals surface area contributed by atoms with Gasteiger partial charge in [-0.2, -0.15) is 0 Å². The molecule has 0 saturated carbocycles. The minimum Gasteiger partial charge on any atom is -0.444 e. The van der Waals surface area contributed by atoms with Gasteiger partial charge < -0.3 is 20.3 Å². The molecule has 1 aliphatic rings. The molecule has 0 aliphatic carbocycles. The van der Waals surface area contributed by atoms with Crippen molar-refractivity contribution in [3.05, 3.63) is 24.0 Å². The van der Waals surface area contributed by atoms with Crippen molar-refractivity contribution >= 4 is 11.8 Å². The highest BCUT2D eigenvalue weighted by molar-refractivity contribution is 5.68. The molecule has 1 saturated heterocycles. The molecule has 1 amide bonds. The van der Waals surface area contributed by atoms with Gasteiger partial charge in [0.15, 0.2) is 0 Å². The Morgan fingerprint density at radius 1 is 1.32 bits per heavy atom. The Morgan fingerprint density at radius 3 is 2.77 bits per heavy atom. The molecule has 22 heavy (non-hydrogen) atoms. The number of pyridine rings is 1. The lowest BCUT2D eigenvalue weighted by molar-refractivity contribution is 0.0263. The molecule has 6 heteroatoms. The van der Waals surface area contributed by atoms with E-state index in [4.69, 9.17) is 10.5 Å². The normalized spacial score (nSPS) is 16.4. The van der Waals surface area contributed by atoms with E-state index in [2.05, 4.69) is 9.88 Å². The molecule has 0 unspecified atom stereocenters. The first-order chi connectivity index (χ1) is 10.4. The third-order valence-electron chi connectivity index (χ3n) is 3.52. The van der Waals surface area contributed by atoms with Crippen LogP contribution in [-0.4, -0.2) is 47.8 Å². The Balaban J connectivity index is 1.98. The summed E-state index contributed by atoms with van der Waals surface area (Å²) in [4.78, 5) is 20.4. The predicted molar refractivity (Wildman–Crippen MR) is 86.8 cm³/mol. The summed E-state index contributed by atoms with van der Waals surface area (Å²) in [6, 6.07) is 4.01. The molecule has 1 aliphatic heterocycles. The topological polar surface area (TPSA) is 71.7 Å². The number of hydrogen-bond acceptors (Lipinski definition) is 5. The average Bonchev–Trinajstić information content (AvgIpc) is 2.71. The average molecular weight is 306 g/mol. The highest BCUT2D eigenvalue weighted by atomic mass is 16.6. The fourth-order valence-corrected chi connectivity index (χ4v) is 2.46. The van der Waals surface area contributed by atoms with Crippen LogP contribution in [0.25, 0.3) is 0 Å². The van der Waals surface area contributed by atoms with Gasteiger partial charge in [-0.25, -0.2) is 4.79 Å². The highest BCUT2D eigenvalue weighted by Gasteiger charge is 2.24. The first kappa shape index (κ1) is 16.5. The number of amides is 1. The van der Waals surface area contributed by atoms with Crippen LogP contribution in [-0.2, 0) is 11.3 Å². The standard InChI is InChI=1S/C16H26N4O2/c1-16(2,3)22-15(21)20-8-4-7-19(9-10-20)14-5-6-18-13(11-14)12-17/h5-6,11H,4,7-10,12,17H2,1-3H3. The number of rotatable bonds is 2. The van der Waals surface area contributed by atoms with E-state index < -0.39 is 5.60 Å². The molecule has 0 atom stereocenters. The van der Waals surface area contributed by atoms with E-state index in [1.165, 1.54) is 0 Å². The van der Waals surface area contributed by atoms with Crippen LogP contribution in [0.2, 0.25) is 0 Å². The first-order valence-corrected chi connectivity index (χ1v) is 7.77. The number of carbonyl (C=O) groups is 1. The van der Waals surface area contributed by atoms with Gasteiger partial charge in [-0.15, -0.1) is 0 Å². The summed E-state index contributed by atoms with van der Waals surface area (Å²) >= 11 is 0. The van der Waals surface area contributed by atoms with E-state index in [0.29, 0.717) is 13.1 Å². The SMILES string of the molecule is CC(C)(C)OC(=O)N1CCCN(c2ccnc(CN)c2)CC1. The smallest absolute Gasteiger partial charge is 0.410 e. The van der Waals surface area contributed by atoms with Crippen molar-refractivity contribution in [2.75, 3.05) is 31.1 Å². The number of anilines is 1. The van der Waals surface area contributed by atoms with Crippen molar-refractivity contribution in [1.29, 1.82) is 0 Å². The molecule has 1 aromatic rings. The van der Waals surface area contributed by atoms with Gasteiger partial charge >= 0.3 is 6.09 Å². The van der Waals surface area contributed by atoms with Crippen LogP contribution in [0.15, 0.2) is 18.3 Å². The van der Waals surface area contributed by atoms with Crippen LogP contribution >= 0.6 is 0 Å². The lowest BCUT2D eigenvalue weighted by Crippen LogP contribution is -2.39. The van der Waals surface area contributed by atoms with Gasteiger partial charge in [0.2, 0.25) is 0 Å². The summed E-state index contributed by atoms with van der Waals surface area (Å²) in [5.41, 5.74) is 7.19. The molecule has 1 fully saturated rings. The van der Waals surface area contributed by atoms with Gasteiger partial charge in [0, 0.05) is 44.6 Å². The summed E-state index contributed by atoms with van der Waals surface area (Å²) in [6.07, 6.45) is 2.47. The molecule has 122 valence electrons. The lowest BCUT2D eigenvalue weighted by atomic mass is 10.2. The van der Waals surface area contributed by atoms with E-state index in [0.717, 1.165) is 37.4 Å². The van der Waals surface area contributed by atoms with Crippen molar-refractivity contribution in [3.63, 3.8) is 0 Å². The fourth-order valence-electron chi connectivity index (χ4n) is 2.46. The van der Waals surface area contributed by atoms with Crippen molar-refractivity contribution in [2.45, 2.75) is 39.3 Å². The lowest BCUT2D eigenvalue weighted by Gasteiger charge is -2.27. The van der Waals surface area contributed by atoms with Gasteiger partial charge in [0.25, 0.3) is 0 Å². The predicted octanol–water partition coefficient (Wildman–Crippen LogP) is 1.99. The van der Waals surface area contributed by atoms with Crippen molar-refractivity contribution < 1.29 is 9.53 Å². The second-order valence-corrected chi connectivity index (χ2v) is 6.52. The van der Waals surface area contributed by atoms with Crippen LogP contribution < -0.4 is 10.6 Å². The second-order valence-electron chi connectivity index (χ2n) is 6.52. The Hall–Kier alpha value is -1.82. The number of hydrogen-bond donors (Lipinski definition) is 1. The van der Waals surface area contributed by atoms with E-state index >= 15 is 0 Å². The summed E-state index contributed by atoms with van der Waals surface area (Å²) < 4.78 is 5.45. The zero-order chi connectivity index (χ0) is 16.2. The Bertz CT molecular complexity index is 513. The number of nitrogens with zero attached hydrogens (tertiary/aromatic N) is 3. The van der Waals surface area contributed by atoms with Crippen LogP contribution in [0.3, 0.4) is 0 Å². The van der Waals surface area contributed by atoms with Gasteiger partial charge in [0.05, 0.1) is 5.69 Å². The maximum absolute atomic E-state index is 12.2. The number of carbonyl (C=O) groups excluding carboxylic acids is 1. The van der Waals surface area contributed by atoms with Crippen molar-refractivity contribution in [3.8, 4) is 0 Å². The molecule has 0 aromatic carbocycles. The maximum Gasteiger partial charge on any atom is 0.410 e. The third kappa shape index (κ3) is 4.59. The van der Waals surface area contributed by atoms with E-state index in [1.807, 2.05) is 32.9 Å². The molecule has 0 spiro atoms. The van der Waals surface area contributed by atoms with Crippen LogP contribution in [0.4, 0.5) is 10.5 Å². The summed E-state index contributed by atoms with van der Waals surface area (Å²) in [6.45, 7) is 9.18. The molecule has 1 aromatic heterocycles. The highest BCUT2D eigenvalue weighted by Crippen LogP contribution is 2.18. The summed E-state index contributed by atoms with van der Waals surface area (Å²) in [7, 11) is 0. The zero-order valence-electron chi connectivity index (χ0n) is 13.7. The van der Waals surface area contributed by atoms with Gasteiger partial charge in [-0.05, 0) is 39.3 Å².